The summed E-state index contributed by atoms with van der Waals surface area (Å²) in [6, 6.07) is 3.85. The number of aliphatic hydroxyl groups is 1. The standard InChI is InChI=1S/C29H40O5/c1-28-10-8-20(30)16-19(28)6-7-21-22(28)9-11-29(2)23(21)15-18(27(29)31)12-17-13-24(32-3)26(34-5)25(14-17)33-4/h12-14,19-23,30H,6-11,15-16H2,1-5H3/b18-12+/t19-,20-,21+,22-,23-,28-,29-/m0/s1. The quantitative estimate of drug-likeness (QED) is 0.576. The first-order valence-electron chi connectivity index (χ1n) is 13.0. The van der Waals surface area contributed by atoms with E-state index in [0.29, 0.717) is 52.1 Å². The van der Waals surface area contributed by atoms with Crippen LogP contribution in [0.3, 0.4) is 0 Å². The lowest BCUT2D eigenvalue weighted by Gasteiger charge is -2.59. The number of carbonyl (C=O) groups excluding carboxylic acids is 1. The first kappa shape index (κ1) is 23.7. The third kappa shape index (κ3) is 3.49. The van der Waals surface area contributed by atoms with Crippen molar-refractivity contribution >= 4 is 11.9 Å². The number of allylic oxidation sites excluding steroid dienone is 1. The predicted molar refractivity (Wildman–Crippen MR) is 132 cm³/mol. The lowest BCUT2D eigenvalue weighted by molar-refractivity contribution is -0.141. The lowest BCUT2D eigenvalue weighted by atomic mass is 9.45. The number of ketones is 1. The van der Waals surface area contributed by atoms with E-state index in [1.807, 2.05) is 12.1 Å². The van der Waals surface area contributed by atoms with Gasteiger partial charge in [-0.3, -0.25) is 4.79 Å². The average molecular weight is 469 g/mol. The molecular formula is C29H40O5. The summed E-state index contributed by atoms with van der Waals surface area (Å²) >= 11 is 0. The van der Waals surface area contributed by atoms with E-state index >= 15 is 0 Å². The topological polar surface area (TPSA) is 65.0 Å². The Bertz CT molecular complexity index is 973. The molecular weight excluding hydrogens is 428 g/mol. The summed E-state index contributed by atoms with van der Waals surface area (Å²) in [7, 11) is 4.83. The molecule has 186 valence electrons. The van der Waals surface area contributed by atoms with Crippen molar-refractivity contribution in [2.45, 2.75) is 71.3 Å². The maximum atomic E-state index is 13.8. The van der Waals surface area contributed by atoms with Crippen LogP contribution >= 0.6 is 0 Å². The second-order valence-electron chi connectivity index (χ2n) is 11.7. The minimum absolute atomic E-state index is 0.121. The number of ether oxygens (including phenoxy) is 3. The van der Waals surface area contributed by atoms with Gasteiger partial charge in [0, 0.05) is 5.41 Å². The van der Waals surface area contributed by atoms with Crippen LogP contribution in [0, 0.1) is 34.5 Å². The normalized spacial score (nSPS) is 40.4. The van der Waals surface area contributed by atoms with E-state index in [1.54, 1.807) is 21.3 Å². The van der Waals surface area contributed by atoms with Gasteiger partial charge in [-0.2, -0.15) is 0 Å². The largest absolute Gasteiger partial charge is 0.493 e. The molecule has 4 aliphatic rings. The van der Waals surface area contributed by atoms with Gasteiger partial charge in [-0.25, -0.2) is 0 Å². The molecule has 0 aliphatic heterocycles. The third-order valence-corrected chi connectivity index (χ3v) is 10.3. The van der Waals surface area contributed by atoms with Crippen molar-refractivity contribution in [3.63, 3.8) is 0 Å². The van der Waals surface area contributed by atoms with Crippen molar-refractivity contribution in [3.8, 4) is 17.2 Å². The zero-order valence-electron chi connectivity index (χ0n) is 21.4. The molecule has 0 amide bonds. The number of fused-ring (bicyclic) bond motifs is 5. The number of methoxy groups -OCH3 is 3. The van der Waals surface area contributed by atoms with Crippen LogP contribution in [0.2, 0.25) is 0 Å². The lowest BCUT2D eigenvalue weighted by Crippen LogP contribution is -2.54. The van der Waals surface area contributed by atoms with Crippen LogP contribution < -0.4 is 14.2 Å². The van der Waals surface area contributed by atoms with Crippen LogP contribution in [0.1, 0.15) is 70.8 Å². The van der Waals surface area contributed by atoms with Crippen molar-refractivity contribution in [2.24, 2.45) is 34.5 Å². The Kier molecular flexibility index (Phi) is 5.99. The van der Waals surface area contributed by atoms with Crippen LogP contribution in [0.25, 0.3) is 6.08 Å². The van der Waals surface area contributed by atoms with Gasteiger partial charge in [0.05, 0.1) is 27.4 Å². The molecule has 5 heteroatoms. The number of hydrogen-bond donors (Lipinski definition) is 1. The molecule has 0 bridgehead atoms. The third-order valence-electron chi connectivity index (χ3n) is 10.3. The SMILES string of the molecule is COc1cc(/C=C2\C[C@H]3[C@@H]4CC[C@H]5C[C@@H](O)CC[C@]5(C)[C@H]4CC[C@]3(C)C2=O)cc(OC)c1OC. The summed E-state index contributed by atoms with van der Waals surface area (Å²) in [5.74, 6) is 4.43. The Hall–Kier alpha value is -2.01. The number of aliphatic hydroxyl groups excluding tert-OH is 1. The molecule has 1 aromatic rings. The molecule has 0 aromatic heterocycles. The highest BCUT2D eigenvalue weighted by molar-refractivity contribution is 6.06. The fourth-order valence-corrected chi connectivity index (χ4v) is 8.42. The monoisotopic (exact) mass is 468 g/mol. The van der Waals surface area contributed by atoms with Crippen LogP contribution in [-0.2, 0) is 4.79 Å². The number of carbonyl (C=O) groups is 1. The van der Waals surface area contributed by atoms with Gasteiger partial charge in [0.25, 0.3) is 0 Å². The molecule has 1 aromatic carbocycles. The summed E-state index contributed by atoms with van der Waals surface area (Å²) in [6.07, 6.45) is 10.3. The molecule has 0 heterocycles. The van der Waals surface area contributed by atoms with E-state index in [1.165, 1.54) is 12.8 Å². The molecule has 34 heavy (non-hydrogen) atoms. The molecule has 5 rings (SSSR count). The molecule has 7 atom stereocenters. The van der Waals surface area contributed by atoms with Gasteiger partial charge in [-0.1, -0.05) is 13.8 Å². The van der Waals surface area contributed by atoms with Crippen molar-refractivity contribution < 1.29 is 24.1 Å². The van der Waals surface area contributed by atoms with Gasteiger partial charge < -0.3 is 19.3 Å². The second-order valence-corrected chi connectivity index (χ2v) is 11.7. The molecule has 0 unspecified atom stereocenters. The fraction of sp³-hybridized carbons (Fsp3) is 0.690. The summed E-state index contributed by atoms with van der Waals surface area (Å²) in [5, 5.41) is 10.3. The summed E-state index contributed by atoms with van der Waals surface area (Å²) in [5.41, 5.74) is 1.91. The maximum absolute atomic E-state index is 13.8. The highest BCUT2D eigenvalue weighted by Crippen LogP contribution is 2.66. The molecule has 0 radical (unpaired) electrons. The minimum atomic E-state index is -0.259. The van der Waals surface area contributed by atoms with Gasteiger partial charge >= 0.3 is 0 Å². The Morgan fingerprint density at radius 2 is 1.65 bits per heavy atom. The predicted octanol–water partition coefficient (Wildman–Crippen LogP) is 5.68. The van der Waals surface area contributed by atoms with E-state index < -0.39 is 0 Å². The first-order valence-corrected chi connectivity index (χ1v) is 13.0. The van der Waals surface area contributed by atoms with E-state index in [0.717, 1.165) is 49.7 Å². The summed E-state index contributed by atoms with van der Waals surface area (Å²) in [6.45, 7) is 4.72. The smallest absolute Gasteiger partial charge is 0.203 e. The van der Waals surface area contributed by atoms with E-state index in [2.05, 4.69) is 19.9 Å². The number of Topliss-reactive ketones (excluding diaryl/α,β-unsaturated/α-hetero) is 1. The molecule has 4 saturated carbocycles. The van der Waals surface area contributed by atoms with Crippen LogP contribution in [0.15, 0.2) is 17.7 Å². The van der Waals surface area contributed by atoms with Gasteiger partial charge in [-0.05, 0) is 110 Å². The fourth-order valence-electron chi connectivity index (χ4n) is 8.42. The van der Waals surface area contributed by atoms with E-state index in [-0.39, 0.29) is 11.5 Å². The van der Waals surface area contributed by atoms with Crippen LogP contribution in [0.4, 0.5) is 0 Å². The van der Waals surface area contributed by atoms with Crippen LogP contribution in [0.5, 0.6) is 17.2 Å². The number of hydrogen-bond acceptors (Lipinski definition) is 5. The van der Waals surface area contributed by atoms with Gasteiger partial charge in [0.15, 0.2) is 17.3 Å². The minimum Gasteiger partial charge on any atom is -0.493 e. The Labute approximate surface area is 203 Å². The maximum Gasteiger partial charge on any atom is 0.203 e. The van der Waals surface area contributed by atoms with E-state index in [4.69, 9.17) is 14.2 Å². The van der Waals surface area contributed by atoms with Crippen molar-refractivity contribution in [3.05, 3.63) is 23.3 Å². The molecule has 1 N–H and O–H groups in total. The van der Waals surface area contributed by atoms with E-state index in [9.17, 15) is 9.90 Å². The number of benzene rings is 1. The first-order chi connectivity index (χ1) is 16.2. The van der Waals surface area contributed by atoms with Crippen molar-refractivity contribution in [1.29, 1.82) is 0 Å². The Morgan fingerprint density at radius 3 is 2.29 bits per heavy atom. The zero-order chi connectivity index (χ0) is 24.3. The average Bonchev–Trinajstić information content (AvgIpc) is 3.08. The molecule has 4 aliphatic carbocycles. The molecule has 4 fully saturated rings. The molecule has 0 spiro atoms. The van der Waals surface area contributed by atoms with Gasteiger partial charge in [0.2, 0.25) is 5.75 Å². The van der Waals surface area contributed by atoms with Gasteiger partial charge in [-0.15, -0.1) is 0 Å². The molecule has 0 saturated heterocycles. The Balaban J connectivity index is 1.46. The van der Waals surface area contributed by atoms with Crippen LogP contribution in [-0.4, -0.2) is 38.3 Å². The summed E-state index contributed by atoms with van der Waals surface area (Å²) in [4.78, 5) is 13.8. The molecule has 5 nitrogen and oxygen atoms in total. The van der Waals surface area contributed by atoms with Crippen molar-refractivity contribution in [2.75, 3.05) is 21.3 Å². The highest BCUT2D eigenvalue weighted by atomic mass is 16.5. The Morgan fingerprint density at radius 1 is 0.941 bits per heavy atom. The van der Waals surface area contributed by atoms with Crippen molar-refractivity contribution in [1.82, 2.24) is 0 Å². The zero-order valence-corrected chi connectivity index (χ0v) is 21.4. The van der Waals surface area contributed by atoms with Gasteiger partial charge in [0.1, 0.15) is 0 Å². The second kappa shape index (κ2) is 8.58. The highest BCUT2D eigenvalue weighted by Gasteiger charge is 2.61. The summed E-state index contributed by atoms with van der Waals surface area (Å²) < 4.78 is 16.5. The number of rotatable bonds is 4.